The Bertz CT molecular complexity index is 2070. The molecule has 2 unspecified atom stereocenters. The summed E-state index contributed by atoms with van der Waals surface area (Å²) in [7, 11) is 1.46. The number of methoxy groups -OCH3 is 1. The molecule has 0 aromatic heterocycles. The normalized spacial score (nSPS) is 25.3. The SMILES string of the molecule is CC(C)(C)C1CCC(Oc2ccc3cc(CN4CCC4C(=O)O)ccc3c2)CC1.COC(=O)C1CCN1Cc1ccc2cc(OC3CCC(C(C)(C)C)CC3)ccc2c1. The van der Waals surface area contributed by atoms with Crippen molar-refractivity contribution in [3.8, 4) is 11.5 Å². The summed E-state index contributed by atoms with van der Waals surface area (Å²) < 4.78 is 17.5. The number of ether oxygens (including phenoxy) is 3. The maximum atomic E-state index is 11.8. The zero-order valence-corrected chi connectivity index (χ0v) is 36.7. The lowest BCUT2D eigenvalue weighted by molar-refractivity contribution is -0.152. The second-order valence-corrected chi connectivity index (χ2v) is 20.0. The maximum Gasteiger partial charge on any atom is 0.323 e. The quantitative estimate of drug-likeness (QED) is 0.159. The van der Waals surface area contributed by atoms with Crippen molar-refractivity contribution in [2.75, 3.05) is 20.2 Å². The first-order chi connectivity index (χ1) is 28.1. The summed E-state index contributed by atoms with van der Waals surface area (Å²) in [6.45, 7) is 17.4. The van der Waals surface area contributed by atoms with Crippen LogP contribution < -0.4 is 9.47 Å². The molecule has 4 aromatic carbocycles. The molecule has 2 saturated carbocycles. The highest BCUT2D eigenvalue weighted by Crippen LogP contribution is 2.40. The minimum atomic E-state index is -0.713. The topological polar surface area (TPSA) is 88.5 Å². The average molecular weight is 805 g/mol. The van der Waals surface area contributed by atoms with Crippen LogP contribution in [0.25, 0.3) is 21.5 Å². The van der Waals surface area contributed by atoms with E-state index in [4.69, 9.17) is 14.2 Å². The molecule has 8 rings (SSSR count). The Morgan fingerprint density at radius 3 is 1.31 bits per heavy atom. The highest BCUT2D eigenvalue weighted by molar-refractivity contribution is 5.85. The van der Waals surface area contributed by atoms with Gasteiger partial charge in [0.25, 0.3) is 0 Å². The average Bonchev–Trinajstić information content (AvgIpc) is 3.18. The fourth-order valence-corrected chi connectivity index (χ4v) is 9.78. The smallest absolute Gasteiger partial charge is 0.323 e. The number of carboxylic acids is 1. The highest BCUT2D eigenvalue weighted by Gasteiger charge is 2.36. The fourth-order valence-electron chi connectivity index (χ4n) is 9.78. The molecule has 0 bridgehead atoms. The van der Waals surface area contributed by atoms with Crippen molar-refractivity contribution in [1.29, 1.82) is 0 Å². The lowest BCUT2D eigenvalue weighted by Gasteiger charge is -2.38. The van der Waals surface area contributed by atoms with Gasteiger partial charge in [-0.3, -0.25) is 19.4 Å². The van der Waals surface area contributed by atoms with Gasteiger partial charge in [0.05, 0.1) is 19.3 Å². The van der Waals surface area contributed by atoms with Gasteiger partial charge in [-0.1, -0.05) is 77.9 Å². The van der Waals surface area contributed by atoms with Gasteiger partial charge in [-0.25, -0.2) is 0 Å². The lowest BCUT2D eigenvalue weighted by atomic mass is 9.72. The number of nitrogens with zero attached hydrogens (tertiary/aromatic N) is 2. The predicted octanol–water partition coefficient (Wildman–Crippen LogP) is 11.1. The third-order valence-corrected chi connectivity index (χ3v) is 13.9. The van der Waals surface area contributed by atoms with Crippen LogP contribution in [0.2, 0.25) is 0 Å². The van der Waals surface area contributed by atoms with Crippen LogP contribution in [-0.4, -0.2) is 71.3 Å². The number of hydrogen-bond acceptors (Lipinski definition) is 7. The van der Waals surface area contributed by atoms with Gasteiger partial charge in [0.1, 0.15) is 23.6 Å². The maximum absolute atomic E-state index is 11.8. The van der Waals surface area contributed by atoms with Crippen LogP contribution >= 0.6 is 0 Å². The summed E-state index contributed by atoms with van der Waals surface area (Å²) in [4.78, 5) is 27.2. The number of aliphatic carboxylic acids is 1. The van der Waals surface area contributed by atoms with Crippen molar-refractivity contribution < 1.29 is 28.9 Å². The van der Waals surface area contributed by atoms with Gasteiger partial charge in [-0.05, 0) is 156 Å². The zero-order chi connectivity index (χ0) is 41.9. The first-order valence-corrected chi connectivity index (χ1v) is 22.3. The van der Waals surface area contributed by atoms with Crippen molar-refractivity contribution in [3.63, 3.8) is 0 Å². The van der Waals surface area contributed by atoms with Crippen LogP contribution in [0, 0.1) is 22.7 Å². The van der Waals surface area contributed by atoms with Crippen LogP contribution in [0.5, 0.6) is 11.5 Å². The largest absolute Gasteiger partial charge is 0.490 e. The molecule has 8 nitrogen and oxygen atoms in total. The minimum absolute atomic E-state index is 0.0881. The molecule has 0 radical (unpaired) electrons. The number of esters is 1. The molecule has 59 heavy (non-hydrogen) atoms. The molecule has 0 amide bonds. The molecule has 2 atom stereocenters. The monoisotopic (exact) mass is 805 g/mol. The summed E-state index contributed by atoms with van der Waals surface area (Å²) in [6, 6.07) is 25.3. The number of rotatable bonds is 10. The van der Waals surface area contributed by atoms with Crippen LogP contribution in [-0.2, 0) is 27.4 Å². The molecule has 4 aromatic rings. The highest BCUT2D eigenvalue weighted by atomic mass is 16.5. The van der Waals surface area contributed by atoms with E-state index in [2.05, 4.69) is 119 Å². The van der Waals surface area contributed by atoms with E-state index in [0.717, 1.165) is 87.1 Å². The van der Waals surface area contributed by atoms with Crippen molar-refractivity contribution in [2.45, 2.75) is 143 Å². The van der Waals surface area contributed by atoms with Crippen molar-refractivity contribution >= 4 is 33.5 Å². The van der Waals surface area contributed by atoms with Gasteiger partial charge in [0.2, 0.25) is 0 Å². The molecule has 1 N–H and O–H groups in total. The number of carboxylic acid groups (broad SMARTS) is 1. The van der Waals surface area contributed by atoms with Crippen LogP contribution in [0.4, 0.5) is 0 Å². The molecule has 4 aliphatic rings. The number of carbonyl (C=O) groups is 2. The number of likely N-dealkylation sites (tertiary alicyclic amines) is 2. The molecule has 2 aliphatic carbocycles. The standard InChI is InChI=1S/C26H35NO3.C25H33NO3/c1-26(2,3)21-8-11-22(12-9-21)30-23-10-7-19-15-18(5-6-20(19)16-23)17-27-14-13-24(27)25(28)29-4;1-25(2,3)20-7-10-21(11-8-20)29-22-9-6-18-14-17(4-5-19(18)15-22)16-26-13-12-23(26)24(27)28/h5-7,10,15-16,21-22,24H,8-9,11-14,17H2,1-4H3;4-6,9,14-15,20-21,23H,7-8,10-13,16H2,1-3H3,(H,27,28). The third-order valence-electron chi connectivity index (χ3n) is 13.9. The van der Waals surface area contributed by atoms with Crippen molar-refractivity contribution in [3.05, 3.63) is 83.9 Å². The van der Waals surface area contributed by atoms with Crippen molar-refractivity contribution in [2.24, 2.45) is 22.7 Å². The number of fused-ring (bicyclic) bond motifs is 2. The molecular weight excluding hydrogens is 737 g/mol. The summed E-state index contributed by atoms with van der Waals surface area (Å²) >= 11 is 0. The number of benzene rings is 4. The van der Waals surface area contributed by atoms with Crippen molar-refractivity contribution in [1.82, 2.24) is 9.80 Å². The summed E-state index contributed by atoms with van der Waals surface area (Å²) in [5.41, 5.74) is 3.19. The Hall–Kier alpha value is -4.14. The summed E-state index contributed by atoms with van der Waals surface area (Å²) in [6.07, 6.45) is 11.9. The second kappa shape index (κ2) is 18.2. The first-order valence-electron chi connectivity index (χ1n) is 22.3. The fraction of sp³-hybridized carbons (Fsp3) is 0.569. The summed E-state index contributed by atoms with van der Waals surface area (Å²) in [5.74, 6) is 2.69. The Morgan fingerprint density at radius 2 is 0.949 bits per heavy atom. The molecule has 8 heteroatoms. The molecule has 2 aliphatic heterocycles. The van der Waals surface area contributed by atoms with E-state index in [1.54, 1.807) is 0 Å². The number of carbonyl (C=O) groups excluding carboxylic acids is 1. The van der Waals surface area contributed by atoms with Crippen LogP contribution in [0.15, 0.2) is 72.8 Å². The first kappa shape index (κ1) is 43.0. The van der Waals surface area contributed by atoms with Gasteiger partial charge in [0.15, 0.2) is 0 Å². The van der Waals surface area contributed by atoms with E-state index in [9.17, 15) is 14.7 Å². The zero-order valence-electron chi connectivity index (χ0n) is 36.7. The van der Waals surface area contributed by atoms with Crippen LogP contribution in [0.3, 0.4) is 0 Å². The number of hydrogen-bond donors (Lipinski definition) is 1. The Labute approximate surface area is 352 Å². The molecule has 2 heterocycles. The summed E-state index contributed by atoms with van der Waals surface area (Å²) in [5, 5.41) is 14.0. The van der Waals surface area contributed by atoms with E-state index < -0.39 is 5.97 Å². The molecule has 4 fully saturated rings. The van der Waals surface area contributed by atoms with Gasteiger partial charge in [-0.15, -0.1) is 0 Å². The van der Waals surface area contributed by atoms with E-state index in [1.807, 2.05) is 4.90 Å². The van der Waals surface area contributed by atoms with Gasteiger partial charge in [0, 0.05) is 26.2 Å². The van der Waals surface area contributed by atoms with E-state index >= 15 is 0 Å². The van der Waals surface area contributed by atoms with Crippen LogP contribution in [0.1, 0.15) is 117 Å². The predicted molar refractivity (Wildman–Crippen MR) is 237 cm³/mol. The third kappa shape index (κ3) is 10.8. The second-order valence-electron chi connectivity index (χ2n) is 20.0. The van der Waals surface area contributed by atoms with E-state index in [0.29, 0.717) is 29.6 Å². The Kier molecular flexibility index (Phi) is 13.3. The Balaban J connectivity index is 0.000000179. The van der Waals surface area contributed by atoms with Gasteiger partial charge in [-0.2, -0.15) is 0 Å². The van der Waals surface area contributed by atoms with E-state index in [1.165, 1.54) is 59.9 Å². The van der Waals surface area contributed by atoms with Gasteiger partial charge >= 0.3 is 11.9 Å². The molecule has 318 valence electrons. The molecule has 2 saturated heterocycles. The lowest BCUT2D eigenvalue weighted by Crippen LogP contribution is -2.52. The molecular formula is C51H68N2O6. The van der Waals surface area contributed by atoms with Gasteiger partial charge < -0.3 is 19.3 Å². The van der Waals surface area contributed by atoms with E-state index in [-0.39, 0.29) is 18.1 Å². The molecule has 0 spiro atoms. The minimum Gasteiger partial charge on any atom is -0.490 e. The Morgan fingerprint density at radius 1 is 0.559 bits per heavy atom.